The zero-order valence-corrected chi connectivity index (χ0v) is 11.2. The normalized spacial score (nSPS) is 21.9. The average Bonchev–Trinajstić information content (AvgIpc) is 2.49. The molecule has 0 radical (unpaired) electrons. The zero-order chi connectivity index (χ0) is 13.1. The highest BCUT2D eigenvalue weighted by Crippen LogP contribution is 2.44. The Hall–Kier alpha value is -1.60. The second-order valence-corrected chi connectivity index (χ2v) is 5.43. The van der Waals surface area contributed by atoms with Crippen molar-refractivity contribution in [2.75, 3.05) is 6.61 Å². The standard InChI is InChI=1S/C18H20O/c19-14-13-18(16-9-2-1-3-10-16)12-6-8-15-7-4-5-11-17(15)18/h1-5,7,9-11,19H,6,8,12-14H2. The van der Waals surface area contributed by atoms with Gasteiger partial charge in [-0.1, -0.05) is 54.6 Å². The first-order valence-corrected chi connectivity index (χ1v) is 7.11. The zero-order valence-electron chi connectivity index (χ0n) is 11.2. The minimum absolute atomic E-state index is 0.00481. The van der Waals surface area contributed by atoms with Crippen molar-refractivity contribution < 1.29 is 5.11 Å². The van der Waals surface area contributed by atoms with Crippen molar-refractivity contribution in [1.82, 2.24) is 0 Å². The highest BCUT2D eigenvalue weighted by atomic mass is 16.3. The summed E-state index contributed by atoms with van der Waals surface area (Å²) in [7, 11) is 0. The monoisotopic (exact) mass is 252 g/mol. The first kappa shape index (κ1) is 12.4. The Morgan fingerprint density at radius 2 is 1.68 bits per heavy atom. The summed E-state index contributed by atoms with van der Waals surface area (Å²) in [4.78, 5) is 0. The number of fused-ring (bicyclic) bond motifs is 1. The number of hydrogen-bond donors (Lipinski definition) is 1. The summed E-state index contributed by atoms with van der Waals surface area (Å²) in [6.07, 6.45) is 4.31. The molecule has 1 aliphatic carbocycles. The van der Waals surface area contributed by atoms with Crippen LogP contribution in [0.15, 0.2) is 54.6 Å². The van der Waals surface area contributed by atoms with E-state index >= 15 is 0 Å². The van der Waals surface area contributed by atoms with Crippen LogP contribution in [-0.4, -0.2) is 11.7 Å². The molecular formula is C18H20O. The van der Waals surface area contributed by atoms with Crippen LogP contribution in [0.1, 0.15) is 36.0 Å². The summed E-state index contributed by atoms with van der Waals surface area (Å²) < 4.78 is 0. The van der Waals surface area contributed by atoms with Gasteiger partial charge in [-0.05, 0) is 42.4 Å². The van der Waals surface area contributed by atoms with Crippen LogP contribution in [0.4, 0.5) is 0 Å². The molecular weight excluding hydrogens is 232 g/mol. The molecule has 1 unspecified atom stereocenters. The van der Waals surface area contributed by atoms with E-state index in [1.165, 1.54) is 23.1 Å². The Bertz CT molecular complexity index is 547. The molecule has 0 bridgehead atoms. The largest absolute Gasteiger partial charge is 0.396 e. The summed E-state index contributed by atoms with van der Waals surface area (Å²) in [6, 6.07) is 19.4. The van der Waals surface area contributed by atoms with Crippen LogP contribution in [0, 0.1) is 0 Å². The van der Waals surface area contributed by atoms with Gasteiger partial charge in [0.25, 0.3) is 0 Å². The lowest BCUT2D eigenvalue weighted by Gasteiger charge is -2.39. The highest BCUT2D eigenvalue weighted by Gasteiger charge is 2.37. The van der Waals surface area contributed by atoms with Crippen LogP contribution in [0.3, 0.4) is 0 Å². The van der Waals surface area contributed by atoms with Crippen molar-refractivity contribution in [3.63, 3.8) is 0 Å². The van der Waals surface area contributed by atoms with E-state index in [4.69, 9.17) is 0 Å². The molecule has 3 rings (SSSR count). The quantitative estimate of drug-likeness (QED) is 0.883. The van der Waals surface area contributed by atoms with Crippen molar-refractivity contribution >= 4 is 0 Å². The molecule has 1 heteroatoms. The number of aliphatic hydroxyl groups is 1. The van der Waals surface area contributed by atoms with Gasteiger partial charge in [-0.25, -0.2) is 0 Å². The molecule has 0 heterocycles. The van der Waals surface area contributed by atoms with E-state index in [0.717, 1.165) is 19.3 Å². The highest BCUT2D eigenvalue weighted by molar-refractivity contribution is 5.45. The summed E-state index contributed by atoms with van der Waals surface area (Å²) in [5.41, 5.74) is 4.22. The fraction of sp³-hybridized carbons (Fsp3) is 0.333. The number of aryl methyl sites for hydroxylation is 1. The Balaban J connectivity index is 2.17. The molecule has 2 aromatic rings. The Labute approximate surface area is 114 Å². The maximum Gasteiger partial charge on any atom is 0.0442 e. The molecule has 19 heavy (non-hydrogen) atoms. The Kier molecular flexibility index (Phi) is 3.39. The number of rotatable bonds is 3. The second kappa shape index (κ2) is 5.18. The molecule has 1 aliphatic rings. The summed E-state index contributed by atoms with van der Waals surface area (Å²) in [6.45, 7) is 0.239. The van der Waals surface area contributed by atoms with Gasteiger partial charge in [0.2, 0.25) is 0 Å². The molecule has 0 aromatic heterocycles. The van der Waals surface area contributed by atoms with E-state index < -0.39 is 0 Å². The first-order valence-electron chi connectivity index (χ1n) is 7.11. The number of benzene rings is 2. The Morgan fingerprint density at radius 1 is 0.947 bits per heavy atom. The molecule has 98 valence electrons. The van der Waals surface area contributed by atoms with E-state index in [1.54, 1.807) is 0 Å². The summed E-state index contributed by atoms with van der Waals surface area (Å²) in [5, 5.41) is 9.57. The van der Waals surface area contributed by atoms with Crippen molar-refractivity contribution in [1.29, 1.82) is 0 Å². The maximum absolute atomic E-state index is 9.57. The molecule has 1 N–H and O–H groups in total. The van der Waals surface area contributed by atoms with Gasteiger partial charge in [-0.2, -0.15) is 0 Å². The van der Waals surface area contributed by atoms with Gasteiger partial charge in [-0.3, -0.25) is 0 Å². The minimum atomic E-state index is 0.00481. The predicted octanol–water partition coefficient (Wildman–Crippen LogP) is 3.69. The fourth-order valence-corrected chi connectivity index (χ4v) is 3.57. The molecule has 1 atom stereocenters. The van der Waals surface area contributed by atoms with E-state index in [1.807, 2.05) is 0 Å². The third kappa shape index (κ3) is 2.08. The molecule has 0 spiro atoms. The van der Waals surface area contributed by atoms with Crippen LogP contribution in [-0.2, 0) is 11.8 Å². The first-order chi connectivity index (χ1) is 9.37. The van der Waals surface area contributed by atoms with Crippen molar-refractivity contribution in [2.45, 2.75) is 31.1 Å². The lowest BCUT2D eigenvalue weighted by molar-refractivity contribution is 0.241. The topological polar surface area (TPSA) is 20.2 Å². The van der Waals surface area contributed by atoms with Crippen LogP contribution in [0.5, 0.6) is 0 Å². The van der Waals surface area contributed by atoms with E-state index in [0.29, 0.717) is 0 Å². The SMILES string of the molecule is OCCC1(c2ccccc2)CCCc2ccccc21. The van der Waals surface area contributed by atoms with E-state index in [2.05, 4.69) is 54.6 Å². The second-order valence-electron chi connectivity index (χ2n) is 5.43. The van der Waals surface area contributed by atoms with Crippen molar-refractivity contribution in [3.8, 4) is 0 Å². The van der Waals surface area contributed by atoms with Gasteiger partial charge in [0.05, 0.1) is 0 Å². The predicted molar refractivity (Wildman–Crippen MR) is 78.3 cm³/mol. The fourth-order valence-electron chi connectivity index (χ4n) is 3.57. The maximum atomic E-state index is 9.57. The molecule has 0 fully saturated rings. The number of hydrogen-bond acceptors (Lipinski definition) is 1. The van der Waals surface area contributed by atoms with Crippen molar-refractivity contribution in [2.24, 2.45) is 0 Å². The van der Waals surface area contributed by atoms with Crippen LogP contribution in [0.2, 0.25) is 0 Å². The van der Waals surface area contributed by atoms with Crippen LogP contribution < -0.4 is 0 Å². The average molecular weight is 252 g/mol. The third-order valence-corrected chi connectivity index (χ3v) is 4.45. The van der Waals surface area contributed by atoms with Gasteiger partial charge >= 0.3 is 0 Å². The van der Waals surface area contributed by atoms with Gasteiger partial charge in [-0.15, -0.1) is 0 Å². The lowest BCUT2D eigenvalue weighted by atomic mass is 9.64. The van der Waals surface area contributed by atoms with Gasteiger partial charge < -0.3 is 5.11 Å². The van der Waals surface area contributed by atoms with Gasteiger partial charge in [0.15, 0.2) is 0 Å². The molecule has 0 amide bonds. The van der Waals surface area contributed by atoms with Crippen LogP contribution >= 0.6 is 0 Å². The Morgan fingerprint density at radius 3 is 2.47 bits per heavy atom. The van der Waals surface area contributed by atoms with Crippen molar-refractivity contribution in [3.05, 3.63) is 71.3 Å². The molecule has 1 nitrogen and oxygen atoms in total. The smallest absolute Gasteiger partial charge is 0.0442 e. The third-order valence-electron chi connectivity index (χ3n) is 4.45. The van der Waals surface area contributed by atoms with Gasteiger partial charge in [0.1, 0.15) is 0 Å². The molecule has 0 aliphatic heterocycles. The molecule has 0 saturated carbocycles. The number of aliphatic hydroxyl groups excluding tert-OH is 1. The van der Waals surface area contributed by atoms with E-state index in [-0.39, 0.29) is 12.0 Å². The van der Waals surface area contributed by atoms with Gasteiger partial charge in [0, 0.05) is 12.0 Å². The van der Waals surface area contributed by atoms with Crippen LogP contribution in [0.25, 0.3) is 0 Å². The minimum Gasteiger partial charge on any atom is -0.396 e. The van der Waals surface area contributed by atoms with E-state index in [9.17, 15) is 5.11 Å². The summed E-state index contributed by atoms with van der Waals surface area (Å²) in [5.74, 6) is 0. The molecule has 0 saturated heterocycles. The molecule has 2 aromatic carbocycles. The summed E-state index contributed by atoms with van der Waals surface area (Å²) >= 11 is 0. The lowest BCUT2D eigenvalue weighted by Crippen LogP contribution is -2.33.